The zero-order chi connectivity index (χ0) is 18.5. The van der Waals surface area contributed by atoms with Crippen LogP contribution in [0.3, 0.4) is 0 Å². The van der Waals surface area contributed by atoms with E-state index in [0.717, 1.165) is 29.1 Å². The Labute approximate surface area is 162 Å². The summed E-state index contributed by atoms with van der Waals surface area (Å²) in [5, 5.41) is 9.78. The fourth-order valence-electron chi connectivity index (χ4n) is 3.45. The summed E-state index contributed by atoms with van der Waals surface area (Å²) in [6.07, 6.45) is 9.72. The van der Waals surface area contributed by atoms with Crippen molar-refractivity contribution >= 4 is 23.3 Å². The number of carbonyl (C=O) groups excluding carboxylic acids is 1. The summed E-state index contributed by atoms with van der Waals surface area (Å²) in [4.78, 5) is 17.6. The number of thiophene rings is 1. The Morgan fingerprint density at radius 2 is 2.15 bits per heavy atom. The standard InChI is InChI=1S/C21H22N4OS/c26-20(11-10-16-6-5-15-27-16)23-13-14-25-19-9-2-1-7-17(19)21(24-25)18-8-3-4-12-22-18/h3-6,8,10-12,15H,1-2,7,9,13-14H2,(H,23,26). The third-order valence-corrected chi connectivity index (χ3v) is 5.57. The zero-order valence-corrected chi connectivity index (χ0v) is 15.9. The van der Waals surface area contributed by atoms with Gasteiger partial charge in [-0.1, -0.05) is 12.1 Å². The van der Waals surface area contributed by atoms with Crippen LogP contribution in [-0.2, 0) is 24.2 Å². The van der Waals surface area contributed by atoms with Gasteiger partial charge in [0.2, 0.25) is 5.91 Å². The minimum Gasteiger partial charge on any atom is -0.351 e. The quantitative estimate of drug-likeness (QED) is 0.665. The molecule has 0 fully saturated rings. The largest absolute Gasteiger partial charge is 0.351 e. The number of hydrogen-bond acceptors (Lipinski definition) is 4. The molecule has 0 atom stereocenters. The van der Waals surface area contributed by atoms with Gasteiger partial charge in [0.25, 0.3) is 0 Å². The third-order valence-electron chi connectivity index (χ3n) is 4.73. The molecule has 27 heavy (non-hydrogen) atoms. The average Bonchev–Trinajstić information content (AvgIpc) is 3.35. The van der Waals surface area contributed by atoms with Gasteiger partial charge in [-0.05, 0) is 55.3 Å². The number of hydrogen-bond donors (Lipinski definition) is 1. The van der Waals surface area contributed by atoms with E-state index < -0.39 is 0 Å². The summed E-state index contributed by atoms with van der Waals surface area (Å²) in [5.41, 5.74) is 4.54. The highest BCUT2D eigenvalue weighted by Crippen LogP contribution is 2.30. The van der Waals surface area contributed by atoms with Gasteiger partial charge in [-0.3, -0.25) is 14.5 Å². The van der Waals surface area contributed by atoms with E-state index >= 15 is 0 Å². The molecule has 3 aromatic rings. The number of aromatic nitrogens is 3. The van der Waals surface area contributed by atoms with Gasteiger partial charge in [0.05, 0.1) is 12.2 Å². The first-order valence-corrected chi connectivity index (χ1v) is 10.2. The van der Waals surface area contributed by atoms with Crippen LogP contribution in [-0.4, -0.2) is 27.2 Å². The van der Waals surface area contributed by atoms with Crippen molar-refractivity contribution < 1.29 is 4.79 Å². The Bertz CT molecular complexity index is 929. The van der Waals surface area contributed by atoms with Crippen LogP contribution in [0.2, 0.25) is 0 Å². The molecule has 5 nitrogen and oxygen atoms in total. The smallest absolute Gasteiger partial charge is 0.244 e. The summed E-state index contributed by atoms with van der Waals surface area (Å²) in [6, 6.07) is 9.90. The molecule has 0 aromatic carbocycles. The number of nitrogens with one attached hydrogen (secondary N) is 1. The molecule has 6 heteroatoms. The maximum atomic E-state index is 12.0. The second-order valence-corrected chi connectivity index (χ2v) is 7.54. The van der Waals surface area contributed by atoms with Gasteiger partial charge in [-0.15, -0.1) is 11.3 Å². The molecule has 0 saturated carbocycles. The third kappa shape index (κ3) is 4.17. The minimum atomic E-state index is -0.0747. The predicted molar refractivity (Wildman–Crippen MR) is 108 cm³/mol. The normalized spacial score (nSPS) is 13.6. The summed E-state index contributed by atoms with van der Waals surface area (Å²) in [6.45, 7) is 1.23. The van der Waals surface area contributed by atoms with Gasteiger partial charge < -0.3 is 5.32 Å². The average molecular weight is 379 g/mol. The van der Waals surface area contributed by atoms with Gasteiger partial charge in [-0.2, -0.15) is 5.10 Å². The second kappa shape index (κ2) is 8.31. The maximum Gasteiger partial charge on any atom is 0.244 e. The summed E-state index contributed by atoms with van der Waals surface area (Å²) >= 11 is 1.61. The molecular formula is C21H22N4OS. The molecule has 0 spiro atoms. The summed E-state index contributed by atoms with van der Waals surface area (Å²) in [7, 11) is 0. The number of nitrogens with zero attached hydrogens (tertiary/aromatic N) is 3. The van der Waals surface area contributed by atoms with E-state index in [1.807, 2.05) is 48.0 Å². The van der Waals surface area contributed by atoms with Crippen molar-refractivity contribution in [3.8, 4) is 11.4 Å². The van der Waals surface area contributed by atoms with Crippen molar-refractivity contribution in [1.82, 2.24) is 20.1 Å². The van der Waals surface area contributed by atoms with Crippen molar-refractivity contribution in [2.45, 2.75) is 32.2 Å². The van der Waals surface area contributed by atoms with Crippen LogP contribution in [0.25, 0.3) is 17.5 Å². The molecule has 1 aliphatic rings. The van der Waals surface area contributed by atoms with E-state index in [-0.39, 0.29) is 5.91 Å². The number of carbonyl (C=O) groups is 1. The highest BCUT2D eigenvalue weighted by Gasteiger charge is 2.22. The topological polar surface area (TPSA) is 59.8 Å². The zero-order valence-electron chi connectivity index (χ0n) is 15.1. The lowest BCUT2D eigenvalue weighted by Gasteiger charge is -2.14. The fraction of sp³-hybridized carbons (Fsp3) is 0.286. The van der Waals surface area contributed by atoms with Crippen molar-refractivity contribution in [1.29, 1.82) is 0 Å². The Kier molecular flexibility index (Phi) is 5.44. The molecular weight excluding hydrogens is 356 g/mol. The lowest BCUT2D eigenvalue weighted by atomic mass is 9.95. The molecule has 3 aromatic heterocycles. The molecule has 1 amide bonds. The van der Waals surface area contributed by atoms with E-state index in [2.05, 4.69) is 15.0 Å². The Balaban J connectivity index is 1.43. The molecule has 4 rings (SSSR count). The van der Waals surface area contributed by atoms with E-state index in [4.69, 9.17) is 5.10 Å². The van der Waals surface area contributed by atoms with Gasteiger partial charge >= 0.3 is 0 Å². The van der Waals surface area contributed by atoms with Crippen LogP contribution in [0.1, 0.15) is 29.0 Å². The minimum absolute atomic E-state index is 0.0747. The number of fused-ring (bicyclic) bond motifs is 1. The van der Waals surface area contributed by atoms with Gasteiger partial charge in [0, 0.05) is 35.0 Å². The van der Waals surface area contributed by atoms with Crippen molar-refractivity contribution in [3.63, 3.8) is 0 Å². The summed E-state index contributed by atoms with van der Waals surface area (Å²) in [5.74, 6) is -0.0747. The van der Waals surface area contributed by atoms with E-state index in [1.165, 1.54) is 24.1 Å². The first kappa shape index (κ1) is 17.7. The van der Waals surface area contributed by atoms with Crippen molar-refractivity contribution in [2.75, 3.05) is 6.54 Å². The van der Waals surface area contributed by atoms with Crippen LogP contribution in [0.5, 0.6) is 0 Å². The first-order chi connectivity index (χ1) is 13.3. The van der Waals surface area contributed by atoms with E-state index in [1.54, 1.807) is 17.4 Å². The van der Waals surface area contributed by atoms with Crippen LogP contribution in [0.4, 0.5) is 0 Å². The Morgan fingerprint density at radius 3 is 2.96 bits per heavy atom. The summed E-state index contributed by atoms with van der Waals surface area (Å²) < 4.78 is 2.06. The molecule has 0 saturated heterocycles. The van der Waals surface area contributed by atoms with E-state index in [9.17, 15) is 4.79 Å². The predicted octanol–water partition coefficient (Wildman–Crippen LogP) is 3.72. The van der Waals surface area contributed by atoms with Gasteiger partial charge in [0.15, 0.2) is 0 Å². The lowest BCUT2D eigenvalue weighted by Crippen LogP contribution is -2.26. The molecule has 3 heterocycles. The van der Waals surface area contributed by atoms with Gasteiger partial charge in [-0.25, -0.2) is 0 Å². The van der Waals surface area contributed by atoms with Crippen LogP contribution in [0, 0.1) is 0 Å². The van der Waals surface area contributed by atoms with Crippen LogP contribution in [0.15, 0.2) is 48.0 Å². The number of rotatable bonds is 6. The first-order valence-electron chi connectivity index (χ1n) is 9.30. The number of amides is 1. The van der Waals surface area contributed by atoms with Crippen molar-refractivity contribution in [3.05, 3.63) is 64.1 Å². The lowest BCUT2D eigenvalue weighted by molar-refractivity contribution is -0.116. The maximum absolute atomic E-state index is 12.0. The molecule has 138 valence electrons. The van der Waals surface area contributed by atoms with Crippen LogP contribution < -0.4 is 5.32 Å². The van der Waals surface area contributed by atoms with Gasteiger partial charge in [0.1, 0.15) is 5.69 Å². The fourth-order valence-corrected chi connectivity index (χ4v) is 4.07. The van der Waals surface area contributed by atoms with Crippen molar-refractivity contribution in [2.24, 2.45) is 0 Å². The molecule has 0 radical (unpaired) electrons. The van der Waals surface area contributed by atoms with Crippen LogP contribution >= 0.6 is 11.3 Å². The highest BCUT2D eigenvalue weighted by molar-refractivity contribution is 7.10. The monoisotopic (exact) mass is 378 g/mol. The highest BCUT2D eigenvalue weighted by atomic mass is 32.1. The SMILES string of the molecule is O=C(C=Cc1cccs1)NCCn1nc(-c2ccccn2)c2c1CCCC2. The van der Waals surface area contributed by atoms with E-state index in [0.29, 0.717) is 13.1 Å². The molecule has 0 unspecified atom stereocenters. The Hall–Kier alpha value is -2.73. The molecule has 0 bridgehead atoms. The second-order valence-electron chi connectivity index (χ2n) is 6.56. The number of pyridine rings is 1. The molecule has 1 aliphatic carbocycles. The molecule has 1 N–H and O–H groups in total. The Morgan fingerprint density at radius 1 is 1.22 bits per heavy atom. The molecule has 0 aliphatic heterocycles.